The van der Waals surface area contributed by atoms with E-state index in [1.54, 1.807) is 18.5 Å². The van der Waals surface area contributed by atoms with E-state index in [0.717, 1.165) is 48.8 Å². The van der Waals surface area contributed by atoms with Crippen LogP contribution in [0.15, 0.2) is 48.8 Å². The van der Waals surface area contributed by atoms with Gasteiger partial charge in [0.05, 0.1) is 13.0 Å². The zero-order valence-corrected chi connectivity index (χ0v) is 20.7. The first kappa shape index (κ1) is 24.3. The number of carboxylic acids is 1. The molecule has 0 fully saturated rings. The van der Waals surface area contributed by atoms with Crippen LogP contribution in [0.25, 0.3) is 0 Å². The van der Waals surface area contributed by atoms with Gasteiger partial charge in [-0.1, -0.05) is 35.9 Å². The van der Waals surface area contributed by atoms with Crippen LogP contribution >= 0.6 is 11.6 Å². The molecule has 5 aliphatic heterocycles. The summed E-state index contributed by atoms with van der Waals surface area (Å²) in [5.41, 5.74) is 5.40. The summed E-state index contributed by atoms with van der Waals surface area (Å²) in [6, 6.07) is 11.9. The second-order valence-corrected chi connectivity index (χ2v) is 9.83. The molecule has 8 rings (SSSR count). The summed E-state index contributed by atoms with van der Waals surface area (Å²) < 4.78 is 5.70. The van der Waals surface area contributed by atoms with Crippen LogP contribution in [-0.4, -0.2) is 45.0 Å². The molecule has 7 bridgehead atoms. The minimum absolute atomic E-state index is 0.0476. The minimum Gasteiger partial charge on any atom is -0.481 e. The van der Waals surface area contributed by atoms with E-state index in [1.807, 2.05) is 35.2 Å². The molecule has 0 spiro atoms. The van der Waals surface area contributed by atoms with Gasteiger partial charge in [0.1, 0.15) is 0 Å². The fourth-order valence-corrected chi connectivity index (χ4v) is 5.25. The van der Waals surface area contributed by atoms with Gasteiger partial charge in [-0.05, 0) is 72.1 Å². The number of ether oxygens (including phenoxy) is 1. The van der Waals surface area contributed by atoms with Crippen molar-refractivity contribution in [3.63, 3.8) is 0 Å². The van der Waals surface area contributed by atoms with Crippen LogP contribution in [0.4, 0.5) is 0 Å². The number of aliphatic carboxylic acids is 1. The fourth-order valence-electron chi connectivity index (χ4n) is 4.97. The average molecular weight is 506 g/mol. The Morgan fingerprint density at radius 3 is 2.58 bits per heavy atom. The molecule has 3 aromatic rings. The van der Waals surface area contributed by atoms with Gasteiger partial charge >= 0.3 is 12.0 Å². The Kier molecular flexibility index (Phi) is 7.18. The number of carbonyl (C=O) groups is 2. The van der Waals surface area contributed by atoms with Crippen molar-refractivity contribution in [1.29, 1.82) is 0 Å². The molecule has 0 saturated carbocycles. The number of hydrogen-bond acceptors (Lipinski definition) is 5. The third-order valence-corrected chi connectivity index (χ3v) is 7.33. The summed E-state index contributed by atoms with van der Waals surface area (Å²) in [6.45, 7) is 1.59. The zero-order chi connectivity index (χ0) is 25.1. The lowest BCUT2D eigenvalue weighted by atomic mass is 9.87. The Bertz CT molecular complexity index is 1280. The van der Waals surface area contributed by atoms with E-state index in [4.69, 9.17) is 16.3 Å². The van der Waals surface area contributed by atoms with Gasteiger partial charge < -0.3 is 14.7 Å². The molecule has 8 heteroatoms. The van der Waals surface area contributed by atoms with Crippen LogP contribution in [0.5, 0.6) is 6.01 Å². The molecule has 0 saturated heterocycles. The van der Waals surface area contributed by atoms with Crippen LogP contribution in [-0.2, 0) is 24.2 Å². The van der Waals surface area contributed by atoms with E-state index >= 15 is 0 Å². The Morgan fingerprint density at radius 1 is 1.00 bits per heavy atom. The Labute approximate surface area is 215 Å². The molecule has 1 atom stereocenters. The number of amides is 1. The lowest BCUT2D eigenvalue weighted by Crippen LogP contribution is -2.36. The fraction of sp³-hybridized carbons (Fsp3) is 0.357. The maximum absolute atomic E-state index is 13.3. The maximum Gasteiger partial charge on any atom is 0.316 e. The molecule has 0 radical (unpaired) electrons. The summed E-state index contributed by atoms with van der Waals surface area (Å²) in [6.07, 6.45) is 7.56. The number of benzene rings is 2. The normalized spacial score (nSPS) is 18.1. The van der Waals surface area contributed by atoms with Gasteiger partial charge in [-0.2, -0.15) is 0 Å². The number of hydrogen-bond donors (Lipinski definition) is 1. The van der Waals surface area contributed by atoms with Crippen LogP contribution in [0.1, 0.15) is 69.8 Å². The van der Waals surface area contributed by atoms with Crippen LogP contribution < -0.4 is 4.74 Å². The predicted octanol–water partition coefficient (Wildman–Crippen LogP) is 5.04. The number of carboxylic acid groups (broad SMARTS) is 1. The Hall–Kier alpha value is -3.45. The average Bonchev–Trinajstić information content (AvgIpc) is 2.89. The smallest absolute Gasteiger partial charge is 0.316 e. The quantitative estimate of drug-likeness (QED) is 0.524. The highest BCUT2D eigenvalue weighted by Gasteiger charge is 2.25. The van der Waals surface area contributed by atoms with Crippen LogP contribution in [0.2, 0.25) is 5.02 Å². The maximum atomic E-state index is 13.3. The van der Waals surface area contributed by atoms with Gasteiger partial charge in [-0.25, -0.2) is 9.97 Å². The van der Waals surface area contributed by atoms with E-state index in [1.165, 1.54) is 5.56 Å². The number of aromatic nitrogens is 2. The second-order valence-electron chi connectivity index (χ2n) is 9.42. The number of nitrogens with zero attached hydrogens (tertiary/aromatic N) is 3. The lowest BCUT2D eigenvalue weighted by molar-refractivity contribution is -0.137. The van der Waals surface area contributed by atoms with Gasteiger partial charge in [0.25, 0.3) is 5.91 Å². The third-order valence-electron chi connectivity index (χ3n) is 6.98. The van der Waals surface area contributed by atoms with Crippen LogP contribution in [0.3, 0.4) is 0 Å². The highest BCUT2D eigenvalue weighted by Crippen LogP contribution is 2.32. The molecule has 1 N–H and O–H groups in total. The van der Waals surface area contributed by atoms with Crippen molar-refractivity contribution < 1.29 is 19.4 Å². The summed E-state index contributed by atoms with van der Waals surface area (Å²) in [5.74, 6) is -1.36. The van der Waals surface area contributed by atoms with Gasteiger partial charge in [-0.3, -0.25) is 9.59 Å². The highest BCUT2D eigenvalue weighted by molar-refractivity contribution is 6.31. The predicted molar refractivity (Wildman–Crippen MR) is 136 cm³/mol. The molecule has 1 aromatic heterocycles. The number of aryl methyl sites for hydroxylation is 1. The Balaban J connectivity index is 1.50. The van der Waals surface area contributed by atoms with E-state index in [0.29, 0.717) is 35.8 Å². The third kappa shape index (κ3) is 5.36. The van der Waals surface area contributed by atoms with Crippen molar-refractivity contribution >= 4 is 23.5 Å². The van der Waals surface area contributed by atoms with Crippen molar-refractivity contribution in [2.24, 2.45) is 0 Å². The topological polar surface area (TPSA) is 92.6 Å². The first-order chi connectivity index (χ1) is 17.5. The standard InChI is InChI=1S/C28H28ClN3O4/c29-25-13-21-8-6-19(25)4-2-1-3-11-36-28-30-15-23(16-31-28)24(14-26(33)34)20-7-5-18-9-10-32(27(21)35)17-22(18)12-20/h5-8,12-13,15-16,24H,1-4,9-11,14,17H2,(H,33,34). The second kappa shape index (κ2) is 10.7. The molecule has 36 heavy (non-hydrogen) atoms. The Morgan fingerprint density at radius 2 is 1.81 bits per heavy atom. The summed E-state index contributed by atoms with van der Waals surface area (Å²) >= 11 is 6.54. The van der Waals surface area contributed by atoms with Gasteiger partial charge in [0, 0.05) is 42.0 Å². The molecule has 1 unspecified atom stereocenters. The van der Waals surface area contributed by atoms with Gasteiger partial charge in [-0.15, -0.1) is 0 Å². The van der Waals surface area contributed by atoms with Crippen molar-refractivity contribution in [1.82, 2.24) is 14.9 Å². The SMILES string of the molecule is O=C(O)CC1c2cnc(nc2)OCCCCCc2ccc(cc2Cl)C(=O)N2CCc3ccc1cc3C2. The van der Waals surface area contributed by atoms with Crippen molar-refractivity contribution in [3.8, 4) is 6.01 Å². The molecule has 6 heterocycles. The first-order valence-electron chi connectivity index (χ1n) is 12.3. The molecule has 1 amide bonds. The van der Waals surface area contributed by atoms with Gasteiger partial charge in [0.15, 0.2) is 0 Å². The first-order valence-corrected chi connectivity index (χ1v) is 12.7. The van der Waals surface area contributed by atoms with E-state index in [2.05, 4.69) is 9.97 Å². The van der Waals surface area contributed by atoms with Crippen molar-refractivity contribution in [2.75, 3.05) is 13.2 Å². The monoisotopic (exact) mass is 505 g/mol. The summed E-state index contributed by atoms with van der Waals surface area (Å²) in [7, 11) is 0. The molecule has 186 valence electrons. The highest BCUT2D eigenvalue weighted by atomic mass is 35.5. The zero-order valence-electron chi connectivity index (χ0n) is 20.0. The number of carbonyl (C=O) groups excluding carboxylic acids is 1. The van der Waals surface area contributed by atoms with E-state index < -0.39 is 11.9 Å². The van der Waals surface area contributed by atoms with Gasteiger partial charge in [0.2, 0.25) is 0 Å². The molecular formula is C28H28ClN3O4. The summed E-state index contributed by atoms with van der Waals surface area (Å²) in [4.78, 5) is 35.5. The van der Waals surface area contributed by atoms with Crippen LogP contribution in [0, 0.1) is 0 Å². The minimum atomic E-state index is -0.902. The summed E-state index contributed by atoms with van der Waals surface area (Å²) in [5, 5.41) is 10.2. The van der Waals surface area contributed by atoms with E-state index in [-0.39, 0.29) is 18.3 Å². The largest absolute Gasteiger partial charge is 0.481 e. The molecule has 2 aromatic carbocycles. The van der Waals surface area contributed by atoms with Crippen molar-refractivity contribution in [2.45, 2.75) is 51.0 Å². The number of rotatable bonds is 2. The number of halogens is 1. The molecular weight excluding hydrogens is 478 g/mol. The molecule has 5 aliphatic rings. The lowest BCUT2D eigenvalue weighted by Gasteiger charge is -2.30. The molecule has 7 nitrogen and oxygen atoms in total. The molecule has 0 aliphatic carbocycles. The van der Waals surface area contributed by atoms with E-state index in [9.17, 15) is 14.7 Å². The van der Waals surface area contributed by atoms with Crippen molar-refractivity contribution in [3.05, 3.63) is 87.2 Å².